The van der Waals surface area contributed by atoms with Crippen molar-refractivity contribution in [3.63, 3.8) is 0 Å². The number of rotatable bonds is 8. The molecule has 27 heavy (non-hydrogen) atoms. The third kappa shape index (κ3) is 6.97. The summed E-state index contributed by atoms with van der Waals surface area (Å²) in [7, 11) is 0. The second-order valence-electron chi connectivity index (χ2n) is 8.00. The number of anilines is 1. The van der Waals surface area contributed by atoms with Gasteiger partial charge >= 0.3 is 0 Å². The van der Waals surface area contributed by atoms with Crippen LogP contribution in [0.2, 0.25) is 0 Å². The summed E-state index contributed by atoms with van der Waals surface area (Å²) in [5.41, 5.74) is 3.15. The monoisotopic (exact) mass is 371 g/mol. The number of benzene rings is 1. The quantitative estimate of drug-likeness (QED) is 0.699. The first-order valence-electron chi connectivity index (χ1n) is 9.98. The van der Waals surface area contributed by atoms with Gasteiger partial charge in [0.05, 0.1) is 25.1 Å². The lowest BCUT2D eigenvalue weighted by atomic mass is 10.1. The van der Waals surface area contributed by atoms with Crippen molar-refractivity contribution in [2.75, 3.05) is 37.7 Å². The second-order valence-corrected chi connectivity index (χ2v) is 8.00. The highest BCUT2D eigenvalue weighted by Gasteiger charge is 2.24. The zero-order valence-corrected chi connectivity index (χ0v) is 17.2. The van der Waals surface area contributed by atoms with Crippen molar-refractivity contribution in [2.45, 2.75) is 53.1 Å². The molecule has 1 aromatic rings. The first-order valence-corrected chi connectivity index (χ1v) is 9.98. The van der Waals surface area contributed by atoms with Crippen molar-refractivity contribution in [1.82, 2.24) is 4.90 Å². The molecule has 1 aliphatic rings. The van der Waals surface area contributed by atoms with Crippen molar-refractivity contribution in [3.8, 4) is 6.07 Å². The van der Waals surface area contributed by atoms with E-state index in [4.69, 9.17) is 10.00 Å². The van der Waals surface area contributed by atoms with Crippen molar-refractivity contribution in [1.29, 1.82) is 5.26 Å². The summed E-state index contributed by atoms with van der Waals surface area (Å²) >= 11 is 0. The molecule has 1 saturated heterocycles. The molecule has 148 valence electrons. The van der Waals surface area contributed by atoms with Crippen molar-refractivity contribution in [2.24, 2.45) is 5.92 Å². The molecule has 1 aliphatic heterocycles. The summed E-state index contributed by atoms with van der Waals surface area (Å²) < 4.78 is 5.94. The Bertz CT molecular complexity index is 638. The summed E-state index contributed by atoms with van der Waals surface area (Å²) in [6.45, 7) is 11.8. The van der Waals surface area contributed by atoms with Gasteiger partial charge < -0.3 is 9.64 Å². The lowest BCUT2D eigenvalue weighted by molar-refractivity contribution is -0.120. The predicted molar refractivity (Wildman–Crippen MR) is 109 cm³/mol. The molecule has 2 rings (SSSR count). The molecule has 1 amide bonds. The largest absolute Gasteiger partial charge is 0.378 e. The fourth-order valence-electron chi connectivity index (χ4n) is 3.51. The number of piperidine rings is 1. The minimum Gasteiger partial charge on any atom is -0.378 e. The van der Waals surface area contributed by atoms with Gasteiger partial charge in [-0.3, -0.25) is 9.69 Å². The van der Waals surface area contributed by atoms with Gasteiger partial charge in [-0.1, -0.05) is 19.9 Å². The Hall–Kier alpha value is -1.90. The van der Waals surface area contributed by atoms with Crippen LogP contribution in [0.3, 0.4) is 0 Å². The maximum absolute atomic E-state index is 13.0. The summed E-state index contributed by atoms with van der Waals surface area (Å²) in [6, 6.07) is 8.30. The SMILES string of the molecule is Cc1cc(C)cc(N(CCC#N)C(=O)CN2CCC(OCC(C)C)CC2)c1. The Morgan fingerprint density at radius 1 is 1.26 bits per heavy atom. The molecule has 0 bridgehead atoms. The van der Waals surface area contributed by atoms with Crippen LogP contribution in [0.5, 0.6) is 0 Å². The summed E-state index contributed by atoms with van der Waals surface area (Å²) in [5, 5.41) is 8.98. The van der Waals surface area contributed by atoms with Crippen LogP contribution in [-0.4, -0.2) is 49.7 Å². The molecule has 1 heterocycles. The Kier molecular flexibility index (Phi) is 8.27. The minimum atomic E-state index is 0.0665. The lowest BCUT2D eigenvalue weighted by Gasteiger charge is -2.33. The molecule has 0 spiro atoms. The average molecular weight is 372 g/mol. The van der Waals surface area contributed by atoms with Crippen LogP contribution in [0.4, 0.5) is 5.69 Å². The zero-order chi connectivity index (χ0) is 19.8. The standard InChI is InChI=1S/C22H33N3O2/c1-17(2)16-27-21-6-10-24(11-7-21)15-22(26)25(9-5-8-23)20-13-18(3)12-19(4)14-20/h12-14,17,21H,5-7,9-11,15-16H2,1-4H3. The van der Waals surface area contributed by atoms with Gasteiger partial charge in [-0.15, -0.1) is 0 Å². The van der Waals surface area contributed by atoms with E-state index in [-0.39, 0.29) is 5.91 Å². The van der Waals surface area contributed by atoms with E-state index in [0.29, 0.717) is 31.5 Å². The Morgan fingerprint density at radius 3 is 2.44 bits per heavy atom. The van der Waals surface area contributed by atoms with E-state index in [0.717, 1.165) is 49.4 Å². The lowest BCUT2D eigenvalue weighted by Crippen LogP contribution is -2.45. The Labute approximate surface area is 163 Å². The normalized spacial score (nSPS) is 15.7. The van der Waals surface area contributed by atoms with Crippen molar-refractivity contribution < 1.29 is 9.53 Å². The minimum absolute atomic E-state index is 0.0665. The molecular weight excluding hydrogens is 338 g/mol. The van der Waals surface area contributed by atoms with Crippen LogP contribution in [-0.2, 0) is 9.53 Å². The number of nitriles is 1. The zero-order valence-electron chi connectivity index (χ0n) is 17.2. The molecule has 0 N–H and O–H groups in total. The molecule has 0 unspecified atom stereocenters. The van der Waals surface area contributed by atoms with Crippen molar-refractivity contribution in [3.05, 3.63) is 29.3 Å². The Morgan fingerprint density at radius 2 is 1.89 bits per heavy atom. The first kappa shape index (κ1) is 21.4. The van der Waals surface area contributed by atoms with E-state index < -0.39 is 0 Å². The molecular formula is C22H33N3O2. The molecule has 0 aromatic heterocycles. The van der Waals surface area contributed by atoms with Crippen LogP contribution >= 0.6 is 0 Å². The number of likely N-dealkylation sites (tertiary alicyclic amines) is 1. The molecule has 0 radical (unpaired) electrons. The summed E-state index contributed by atoms with van der Waals surface area (Å²) in [6.07, 6.45) is 2.60. The van der Waals surface area contributed by atoms with Crippen LogP contribution in [0.15, 0.2) is 18.2 Å². The molecule has 1 fully saturated rings. The average Bonchev–Trinajstić information content (AvgIpc) is 2.60. The number of aryl methyl sites for hydroxylation is 2. The fourth-order valence-corrected chi connectivity index (χ4v) is 3.51. The molecule has 5 heteroatoms. The van der Waals surface area contributed by atoms with Crippen LogP contribution in [0.25, 0.3) is 0 Å². The van der Waals surface area contributed by atoms with Crippen LogP contribution < -0.4 is 4.90 Å². The maximum Gasteiger partial charge on any atom is 0.241 e. The van der Waals surface area contributed by atoms with Crippen LogP contribution in [0.1, 0.15) is 44.2 Å². The van der Waals surface area contributed by atoms with Gasteiger partial charge in [0.2, 0.25) is 5.91 Å². The van der Waals surface area contributed by atoms with Gasteiger partial charge in [-0.2, -0.15) is 5.26 Å². The number of hydrogen-bond donors (Lipinski definition) is 0. The number of nitrogens with zero attached hydrogens (tertiary/aromatic N) is 3. The highest BCUT2D eigenvalue weighted by Crippen LogP contribution is 2.21. The van der Waals surface area contributed by atoms with E-state index in [2.05, 4.69) is 30.9 Å². The van der Waals surface area contributed by atoms with Crippen LogP contribution in [0, 0.1) is 31.1 Å². The van der Waals surface area contributed by atoms with Gasteiger partial charge in [-0.25, -0.2) is 0 Å². The third-order valence-electron chi connectivity index (χ3n) is 4.83. The number of amides is 1. The smallest absolute Gasteiger partial charge is 0.241 e. The number of ether oxygens (including phenoxy) is 1. The van der Waals surface area contributed by atoms with Gasteiger partial charge in [0.25, 0.3) is 0 Å². The highest BCUT2D eigenvalue weighted by atomic mass is 16.5. The van der Waals surface area contributed by atoms with E-state index in [9.17, 15) is 4.79 Å². The first-order chi connectivity index (χ1) is 12.9. The van der Waals surface area contributed by atoms with Gasteiger partial charge in [0.1, 0.15) is 0 Å². The Balaban J connectivity index is 1.95. The number of hydrogen-bond acceptors (Lipinski definition) is 4. The van der Waals surface area contributed by atoms with Gasteiger partial charge in [0, 0.05) is 31.9 Å². The molecule has 0 atom stereocenters. The van der Waals surface area contributed by atoms with E-state index in [1.165, 1.54) is 0 Å². The summed E-state index contributed by atoms with van der Waals surface area (Å²) in [5.74, 6) is 0.618. The second kappa shape index (κ2) is 10.4. The van der Waals surface area contributed by atoms with Gasteiger partial charge in [-0.05, 0) is 55.9 Å². The number of carbonyl (C=O) groups excluding carboxylic acids is 1. The number of carbonyl (C=O) groups is 1. The fraction of sp³-hybridized carbons (Fsp3) is 0.636. The topological polar surface area (TPSA) is 56.6 Å². The molecule has 1 aromatic carbocycles. The van der Waals surface area contributed by atoms with Gasteiger partial charge in [0.15, 0.2) is 0 Å². The van der Waals surface area contributed by atoms with E-state index >= 15 is 0 Å². The van der Waals surface area contributed by atoms with E-state index in [1.807, 2.05) is 26.0 Å². The molecule has 5 nitrogen and oxygen atoms in total. The maximum atomic E-state index is 13.0. The van der Waals surface area contributed by atoms with E-state index in [1.54, 1.807) is 4.90 Å². The van der Waals surface area contributed by atoms with Crippen molar-refractivity contribution >= 4 is 11.6 Å². The third-order valence-corrected chi connectivity index (χ3v) is 4.83. The summed E-state index contributed by atoms with van der Waals surface area (Å²) in [4.78, 5) is 17.0. The molecule has 0 aliphatic carbocycles. The highest BCUT2D eigenvalue weighted by molar-refractivity contribution is 5.95. The predicted octanol–water partition coefficient (Wildman–Crippen LogP) is 3.69. The molecule has 0 saturated carbocycles.